The molecule has 122 valence electrons. The van der Waals surface area contributed by atoms with Crippen LogP contribution in [0.5, 0.6) is 0 Å². The lowest BCUT2D eigenvalue weighted by atomic mass is 10.2. The average molecular weight is 436 g/mol. The number of hydrogen-bond acceptors (Lipinski definition) is 3. The summed E-state index contributed by atoms with van der Waals surface area (Å²) in [7, 11) is 0. The van der Waals surface area contributed by atoms with Gasteiger partial charge in [-0.15, -0.1) is 0 Å². The number of halogens is 2. The number of amides is 1. The van der Waals surface area contributed by atoms with Gasteiger partial charge in [0.15, 0.2) is 11.7 Å². The van der Waals surface area contributed by atoms with Crippen LogP contribution in [0.1, 0.15) is 12.3 Å². The lowest BCUT2D eigenvalue weighted by Crippen LogP contribution is -2.12. The van der Waals surface area contributed by atoms with E-state index in [-0.39, 0.29) is 18.1 Å². The van der Waals surface area contributed by atoms with Crippen LogP contribution in [0.25, 0.3) is 11.3 Å². The van der Waals surface area contributed by atoms with Crippen molar-refractivity contribution in [3.05, 3.63) is 70.0 Å². The van der Waals surface area contributed by atoms with Gasteiger partial charge in [0.1, 0.15) is 5.82 Å². The minimum atomic E-state index is -0.364. The summed E-state index contributed by atoms with van der Waals surface area (Å²) >= 11 is 2.19. The van der Waals surface area contributed by atoms with E-state index in [2.05, 4.69) is 32.9 Å². The maximum Gasteiger partial charge on any atom is 0.224 e. The molecule has 4 nitrogen and oxygen atoms in total. The highest BCUT2D eigenvalue weighted by molar-refractivity contribution is 14.1. The molecule has 0 spiro atoms. The zero-order chi connectivity index (χ0) is 16.9. The molecule has 0 unspecified atom stereocenters. The summed E-state index contributed by atoms with van der Waals surface area (Å²) < 4.78 is 20.3. The number of anilines is 1. The third-order valence-electron chi connectivity index (χ3n) is 3.37. The fraction of sp³-hybridized carbons (Fsp3) is 0.111. The Morgan fingerprint density at radius 3 is 2.83 bits per heavy atom. The molecule has 2 aromatic carbocycles. The van der Waals surface area contributed by atoms with Crippen molar-refractivity contribution in [3.63, 3.8) is 0 Å². The van der Waals surface area contributed by atoms with E-state index in [9.17, 15) is 9.18 Å². The summed E-state index contributed by atoms with van der Waals surface area (Å²) in [4.78, 5) is 16.1. The maximum absolute atomic E-state index is 13.7. The van der Waals surface area contributed by atoms with Crippen molar-refractivity contribution in [2.24, 2.45) is 0 Å². The molecule has 0 bridgehead atoms. The first-order valence-electron chi connectivity index (χ1n) is 7.37. The summed E-state index contributed by atoms with van der Waals surface area (Å²) in [6.07, 6.45) is 2.07. The van der Waals surface area contributed by atoms with Crippen molar-refractivity contribution in [2.45, 2.75) is 12.8 Å². The van der Waals surface area contributed by atoms with Crippen LogP contribution in [0, 0.1) is 9.39 Å². The number of aromatic nitrogens is 1. The van der Waals surface area contributed by atoms with Gasteiger partial charge in [0.05, 0.1) is 11.8 Å². The maximum atomic E-state index is 13.7. The van der Waals surface area contributed by atoms with E-state index in [1.165, 1.54) is 12.3 Å². The van der Waals surface area contributed by atoms with Gasteiger partial charge in [-0.3, -0.25) is 4.79 Å². The number of carbonyl (C=O) groups excluding carboxylic acids is 1. The largest absolute Gasteiger partial charge is 0.441 e. The smallest absolute Gasteiger partial charge is 0.224 e. The van der Waals surface area contributed by atoms with Crippen LogP contribution < -0.4 is 5.32 Å². The van der Waals surface area contributed by atoms with E-state index in [1.807, 2.05) is 24.3 Å². The van der Waals surface area contributed by atoms with Gasteiger partial charge < -0.3 is 9.73 Å². The van der Waals surface area contributed by atoms with Crippen LogP contribution in [0.2, 0.25) is 0 Å². The first-order chi connectivity index (χ1) is 11.6. The predicted octanol–water partition coefficient (Wildman–Crippen LogP) is 4.66. The molecular weight excluding hydrogens is 422 g/mol. The van der Waals surface area contributed by atoms with E-state index in [1.54, 1.807) is 18.2 Å². The van der Waals surface area contributed by atoms with E-state index in [4.69, 9.17) is 4.42 Å². The number of carbonyl (C=O) groups is 1. The third-order valence-corrected chi connectivity index (χ3v) is 4.04. The van der Waals surface area contributed by atoms with Gasteiger partial charge >= 0.3 is 0 Å². The van der Waals surface area contributed by atoms with Crippen molar-refractivity contribution in [2.75, 3.05) is 5.32 Å². The Bertz CT molecular complexity index is 863. The second-order valence-corrected chi connectivity index (χ2v) is 6.40. The van der Waals surface area contributed by atoms with E-state index in [0.29, 0.717) is 23.6 Å². The second kappa shape index (κ2) is 7.57. The molecule has 0 aliphatic rings. The molecule has 24 heavy (non-hydrogen) atoms. The normalized spacial score (nSPS) is 10.6. The fourth-order valence-corrected chi connectivity index (χ4v) is 2.76. The Hall–Kier alpha value is -2.22. The highest BCUT2D eigenvalue weighted by Crippen LogP contribution is 2.23. The monoisotopic (exact) mass is 436 g/mol. The third kappa shape index (κ3) is 4.19. The molecule has 0 atom stereocenters. The highest BCUT2D eigenvalue weighted by Gasteiger charge is 2.12. The first kappa shape index (κ1) is 16.6. The molecule has 3 rings (SSSR count). The van der Waals surface area contributed by atoms with E-state index in [0.717, 1.165) is 9.26 Å². The fourth-order valence-electron chi connectivity index (χ4n) is 2.22. The molecule has 1 N–H and O–H groups in total. The van der Waals surface area contributed by atoms with Gasteiger partial charge in [0.25, 0.3) is 0 Å². The summed E-state index contributed by atoms with van der Waals surface area (Å²) in [6.45, 7) is 0. The molecule has 0 fully saturated rings. The topological polar surface area (TPSA) is 55.1 Å². The molecule has 1 aromatic heterocycles. The molecule has 6 heteroatoms. The van der Waals surface area contributed by atoms with Gasteiger partial charge in [-0.2, -0.15) is 0 Å². The number of oxazole rings is 1. The average Bonchev–Trinajstić information content (AvgIpc) is 3.02. The number of benzene rings is 2. The summed E-state index contributed by atoms with van der Waals surface area (Å²) in [6, 6.07) is 13.9. The van der Waals surface area contributed by atoms with Gasteiger partial charge in [-0.1, -0.05) is 18.2 Å². The molecule has 0 aliphatic carbocycles. The van der Waals surface area contributed by atoms with Gasteiger partial charge in [0, 0.05) is 22.1 Å². The Morgan fingerprint density at radius 2 is 2.04 bits per heavy atom. The molecule has 1 amide bonds. The zero-order valence-electron chi connectivity index (χ0n) is 12.6. The molecule has 0 saturated carbocycles. The van der Waals surface area contributed by atoms with Crippen molar-refractivity contribution < 1.29 is 13.6 Å². The SMILES string of the molecule is O=C(CCc1ncc(-c2ccccc2F)o1)Nc1cccc(I)c1. The molecule has 3 aromatic rings. The second-order valence-electron chi connectivity index (χ2n) is 5.16. The zero-order valence-corrected chi connectivity index (χ0v) is 14.8. The Kier molecular flexibility index (Phi) is 5.24. The number of hydrogen-bond donors (Lipinski definition) is 1. The number of nitrogens with zero attached hydrogens (tertiary/aromatic N) is 1. The first-order valence-corrected chi connectivity index (χ1v) is 8.45. The van der Waals surface area contributed by atoms with E-state index < -0.39 is 0 Å². The number of nitrogens with one attached hydrogen (secondary N) is 1. The Morgan fingerprint density at radius 1 is 1.21 bits per heavy atom. The van der Waals surface area contributed by atoms with Crippen LogP contribution in [0.4, 0.5) is 10.1 Å². The molecule has 0 radical (unpaired) electrons. The summed E-state index contributed by atoms with van der Waals surface area (Å²) in [5, 5.41) is 2.83. The quantitative estimate of drug-likeness (QED) is 0.593. The standard InChI is InChI=1S/C18H14FIN2O2/c19-15-7-2-1-6-14(15)16-11-21-18(24-16)9-8-17(23)22-13-5-3-4-12(20)10-13/h1-7,10-11H,8-9H2,(H,22,23). The van der Waals surface area contributed by atoms with Crippen molar-refractivity contribution in [1.29, 1.82) is 0 Å². The number of rotatable bonds is 5. The molecular formula is C18H14FIN2O2. The van der Waals surface area contributed by atoms with Gasteiger partial charge in [-0.05, 0) is 52.9 Å². The molecule has 1 heterocycles. The lowest BCUT2D eigenvalue weighted by Gasteiger charge is -2.04. The van der Waals surface area contributed by atoms with Gasteiger partial charge in [0.2, 0.25) is 5.91 Å². The minimum Gasteiger partial charge on any atom is -0.441 e. The van der Waals surface area contributed by atoms with Gasteiger partial charge in [-0.25, -0.2) is 9.37 Å². The van der Waals surface area contributed by atoms with Crippen molar-refractivity contribution >= 4 is 34.2 Å². The number of aryl methyl sites for hydroxylation is 1. The van der Waals surface area contributed by atoms with Crippen LogP contribution in [-0.2, 0) is 11.2 Å². The molecule has 0 aliphatic heterocycles. The molecule has 0 saturated heterocycles. The lowest BCUT2D eigenvalue weighted by molar-refractivity contribution is -0.116. The van der Waals surface area contributed by atoms with Crippen LogP contribution in [-0.4, -0.2) is 10.9 Å². The Labute approximate surface area is 152 Å². The van der Waals surface area contributed by atoms with Crippen LogP contribution in [0.15, 0.2) is 59.1 Å². The summed E-state index contributed by atoms with van der Waals surface area (Å²) in [5.41, 5.74) is 1.12. The van der Waals surface area contributed by atoms with Crippen molar-refractivity contribution in [1.82, 2.24) is 4.98 Å². The predicted molar refractivity (Wildman–Crippen MR) is 98.0 cm³/mol. The summed E-state index contributed by atoms with van der Waals surface area (Å²) in [5.74, 6) is 0.284. The Balaban J connectivity index is 1.59. The van der Waals surface area contributed by atoms with Crippen LogP contribution >= 0.6 is 22.6 Å². The van der Waals surface area contributed by atoms with E-state index >= 15 is 0 Å². The highest BCUT2D eigenvalue weighted by atomic mass is 127. The van der Waals surface area contributed by atoms with Crippen molar-refractivity contribution in [3.8, 4) is 11.3 Å². The minimum absolute atomic E-state index is 0.123. The van der Waals surface area contributed by atoms with Crippen LogP contribution in [0.3, 0.4) is 0 Å².